The normalized spacial score (nSPS) is 14.2. The van der Waals surface area contributed by atoms with Gasteiger partial charge >= 0.3 is 0 Å². The average molecular weight is 1020 g/mol. The lowest BCUT2D eigenvalue weighted by molar-refractivity contribution is -0.870. The van der Waals surface area contributed by atoms with Crippen molar-refractivity contribution in [2.75, 3.05) is 40.9 Å². The van der Waals surface area contributed by atoms with Gasteiger partial charge in [-0.1, -0.05) is 281 Å². The van der Waals surface area contributed by atoms with Crippen molar-refractivity contribution in [2.24, 2.45) is 0 Å². The minimum absolute atomic E-state index is 0.00402. The molecule has 3 unspecified atom stereocenters. The summed E-state index contributed by atoms with van der Waals surface area (Å²) in [6, 6.07) is -0.894. The number of nitrogens with zero attached hydrogens (tertiary/aromatic N) is 1. The molecule has 0 aromatic rings. The van der Waals surface area contributed by atoms with Crippen LogP contribution in [0.15, 0.2) is 48.6 Å². The zero-order chi connectivity index (χ0) is 52.0. The molecule has 0 aliphatic heterocycles. The van der Waals surface area contributed by atoms with Crippen molar-refractivity contribution in [1.82, 2.24) is 5.32 Å². The zero-order valence-corrected chi connectivity index (χ0v) is 48.6. The number of phosphoric acid groups is 1. The van der Waals surface area contributed by atoms with Gasteiger partial charge in [0.15, 0.2) is 0 Å². The van der Waals surface area contributed by atoms with Crippen LogP contribution in [0, 0.1) is 0 Å². The molecule has 0 radical (unpaired) electrons. The van der Waals surface area contributed by atoms with Gasteiger partial charge in [-0.25, -0.2) is 0 Å². The van der Waals surface area contributed by atoms with Gasteiger partial charge in [-0.3, -0.25) is 9.36 Å². The summed E-state index contributed by atoms with van der Waals surface area (Å²) in [5.41, 5.74) is 0. The summed E-state index contributed by atoms with van der Waals surface area (Å²) in [7, 11) is 1.26. The van der Waals surface area contributed by atoms with E-state index < -0.39 is 20.0 Å². The van der Waals surface area contributed by atoms with Crippen molar-refractivity contribution >= 4 is 13.7 Å². The van der Waals surface area contributed by atoms with E-state index in [1.165, 1.54) is 199 Å². The van der Waals surface area contributed by atoms with Gasteiger partial charge in [-0.15, -0.1) is 0 Å². The summed E-state index contributed by atoms with van der Waals surface area (Å²) in [6.07, 6.45) is 70.7. The minimum atomic E-state index is -4.60. The lowest BCUT2D eigenvalue weighted by atomic mass is 10.0. The van der Waals surface area contributed by atoms with Crippen LogP contribution in [0.25, 0.3) is 0 Å². The predicted octanol–water partition coefficient (Wildman–Crippen LogP) is 18.1. The number of likely N-dealkylation sites (N-methyl/N-ethyl adjacent to an activating group) is 1. The van der Waals surface area contributed by atoms with E-state index in [1.54, 1.807) is 6.08 Å². The van der Waals surface area contributed by atoms with E-state index in [0.717, 1.165) is 70.6 Å². The molecule has 0 aromatic heterocycles. The maximum Gasteiger partial charge on any atom is 0.268 e. The summed E-state index contributed by atoms with van der Waals surface area (Å²) < 4.78 is 23.4. The number of aliphatic hydroxyl groups excluding tert-OH is 1. The molecule has 2 N–H and O–H groups in total. The highest BCUT2D eigenvalue weighted by Gasteiger charge is 2.23. The van der Waals surface area contributed by atoms with Crippen LogP contribution in [0.5, 0.6) is 0 Å². The molecule has 0 rings (SSSR count). The molecule has 418 valence electrons. The Morgan fingerprint density at radius 2 is 0.859 bits per heavy atom. The standard InChI is InChI=1S/C62H119N2O6P/c1-6-8-10-12-14-16-18-20-22-24-25-26-27-28-29-30-31-32-33-34-35-36-37-38-40-41-43-45-47-49-51-53-55-61(65)60(59-70-71(67,68)69-58-57-64(3,4)5)63-62(66)56-54-52-50-48-46-44-42-39-23-21-19-17-15-13-11-9-7-2/h9,11,15,17,21,23,53,55,60-61,65H,6-8,10,12-14,16,18-20,22,24-52,54,56-59H2,1-5H3,(H-,63,66,67,68)/b11-9-,17-15-,23-21-,55-53+. The fourth-order valence-electron chi connectivity index (χ4n) is 9.05. The topological polar surface area (TPSA) is 108 Å². The van der Waals surface area contributed by atoms with E-state index in [9.17, 15) is 19.4 Å². The molecule has 0 aliphatic rings. The van der Waals surface area contributed by atoms with Crippen LogP contribution in [0.4, 0.5) is 0 Å². The molecule has 3 atom stereocenters. The van der Waals surface area contributed by atoms with Gasteiger partial charge < -0.3 is 28.8 Å². The number of nitrogens with one attached hydrogen (secondary N) is 1. The summed E-state index contributed by atoms with van der Waals surface area (Å²) in [5.74, 6) is -0.206. The van der Waals surface area contributed by atoms with Crippen LogP contribution >= 0.6 is 7.82 Å². The van der Waals surface area contributed by atoms with Crippen LogP contribution in [-0.4, -0.2) is 68.5 Å². The summed E-state index contributed by atoms with van der Waals surface area (Å²) in [6.45, 7) is 4.56. The highest BCUT2D eigenvalue weighted by Crippen LogP contribution is 2.38. The second-order valence-corrected chi connectivity index (χ2v) is 23.4. The average Bonchev–Trinajstić information content (AvgIpc) is 3.33. The Morgan fingerprint density at radius 1 is 0.507 bits per heavy atom. The quantitative estimate of drug-likeness (QED) is 0.0272. The number of amides is 1. The molecule has 71 heavy (non-hydrogen) atoms. The molecule has 0 bridgehead atoms. The number of carbonyl (C=O) groups excluding carboxylic acids is 1. The number of phosphoric ester groups is 1. The Hall–Kier alpha value is -1.54. The van der Waals surface area contributed by atoms with Crippen molar-refractivity contribution in [1.29, 1.82) is 0 Å². The Bertz CT molecular complexity index is 1290. The molecule has 0 saturated heterocycles. The van der Waals surface area contributed by atoms with E-state index in [4.69, 9.17) is 9.05 Å². The first-order chi connectivity index (χ1) is 34.5. The molecule has 0 spiro atoms. The van der Waals surface area contributed by atoms with Gasteiger partial charge in [-0.2, -0.15) is 0 Å². The van der Waals surface area contributed by atoms with Crippen molar-refractivity contribution in [2.45, 2.75) is 302 Å². The SMILES string of the molecule is CC/C=C\C/C=C\C/C=C\CCCCCCCCCC(=O)NC(COP(=O)([O-])OCC[N+](C)(C)C)C(O)/C=C/CCCCCCCCCCCCCCCCCCCCCCCCCCCCCCCC. The molecule has 8 nitrogen and oxygen atoms in total. The number of quaternary nitrogens is 1. The van der Waals surface area contributed by atoms with E-state index in [0.29, 0.717) is 17.4 Å². The Kier molecular flexibility index (Phi) is 52.1. The van der Waals surface area contributed by atoms with Crippen molar-refractivity contribution in [3.63, 3.8) is 0 Å². The summed E-state index contributed by atoms with van der Waals surface area (Å²) in [4.78, 5) is 25.5. The lowest BCUT2D eigenvalue weighted by Gasteiger charge is -2.29. The molecule has 0 aliphatic carbocycles. The van der Waals surface area contributed by atoms with Crippen LogP contribution in [0.1, 0.15) is 290 Å². The third kappa shape index (κ3) is 56.0. The Morgan fingerprint density at radius 3 is 1.25 bits per heavy atom. The minimum Gasteiger partial charge on any atom is -0.756 e. The molecule has 0 heterocycles. The third-order valence-corrected chi connectivity index (χ3v) is 14.8. The number of carbonyl (C=O) groups is 1. The largest absolute Gasteiger partial charge is 0.756 e. The molecule has 1 amide bonds. The molecule has 0 saturated carbocycles. The van der Waals surface area contributed by atoms with Crippen LogP contribution in [-0.2, 0) is 18.4 Å². The van der Waals surface area contributed by atoms with E-state index in [-0.39, 0.29) is 19.1 Å². The Labute approximate surface area is 441 Å². The first-order valence-corrected chi connectivity index (χ1v) is 32.0. The summed E-state index contributed by atoms with van der Waals surface area (Å²) >= 11 is 0. The van der Waals surface area contributed by atoms with Gasteiger partial charge in [0.1, 0.15) is 13.2 Å². The Balaban J connectivity index is 4.08. The number of rotatable bonds is 56. The van der Waals surface area contributed by atoms with Crippen LogP contribution in [0.3, 0.4) is 0 Å². The van der Waals surface area contributed by atoms with E-state index >= 15 is 0 Å². The first kappa shape index (κ1) is 69.5. The summed E-state index contributed by atoms with van der Waals surface area (Å²) in [5, 5.41) is 13.9. The van der Waals surface area contributed by atoms with Gasteiger partial charge in [-0.05, 0) is 51.4 Å². The maximum absolute atomic E-state index is 12.9. The second-order valence-electron chi connectivity index (χ2n) is 22.0. The number of unbranched alkanes of at least 4 members (excludes halogenated alkanes) is 37. The van der Waals surface area contributed by atoms with Gasteiger partial charge in [0, 0.05) is 6.42 Å². The molecule has 9 heteroatoms. The number of allylic oxidation sites excluding steroid dienone is 7. The number of hydrogen-bond acceptors (Lipinski definition) is 6. The zero-order valence-electron chi connectivity index (χ0n) is 47.7. The monoisotopic (exact) mass is 1020 g/mol. The first-order valence-electron chi connectivity index (χ1n) is 30.5. The fraction of sp³-hybridized carbons (Fsp3) is 0.855. The highest BCUT2D eigenvalue weighted by atomic mass is 31.2. The van der Waals surface area contributed by atoms with Gasteiger partial charge in [0.05, 0.1) is 39.9 Å². The van der Waals surface area contributed by atoms with Crippen molar-refractivity contribution in [3.8, 4) is 0 Å². The molecular formula is C62H119N2O6P. The van der Waals surface area contributed by atoms with Gasteiger partial charge in [0.2, 0.25) is 5.91 Å². The fourth-order valence-corrected chi connectivity index (χ4v) is 9.78. The van der Waals surface area contributed by atoms with Crippen molar-refractivity contribution < 1.29 is 32.9 Å². The van der Waals surface area contributed by atoms with Crippen LogP contribution < -0.4 is 10.2 Å². The molecule has 0 aromatic carbocycles. The number of aliphatic hydroxyl groups is 1. The lowest BCUT2D eigenvalue weighted by Crippen LogP contribution is -2.45. The molecular weight excluding hydrogens is 900 g/mol. The van der Waals surface area contributed by atoms with Crippen molar-refractivity contribution in [3.05, 3.63) is 48.6 Å². The highest BCUT2D eigenvalue weighted by molar-refractivity contribution is 7.45. The van der Waals surface area contributed by atoms with Crippen LogP contribution in [0.2, 0.25) is 0 Å². The smallest absolute Gasteiger partial charge is 0.268 e. The predicted molar refractivity (Wildman–Crippen MR) is 307 cm³/mol. The van der Waals surface area contributed by atoms with Gasteiger partial charge in [0.25, 0.3) is 7.82 Å². The number of hydrogen-bond donors (Lipinski definition) is 2. The second kappa shape index (κ2) is 53.3. The van der Waals surface area contributed by atoms with E-state index in [1.807, 2.05) is 27.2 Å². The van der Waals surface area contributed by atoms with E-state index in [2.05, 4.69) is 55.6 Å². The maximum atomic E-state index is 12.9. The third-order valence-electron chi connectivity index (χ3n) is 13.8. The molecule has 0 fully saturated rings.